The average molecular weight is 465 g/mol. The summed E-state index contributed by atoms with van der Waals surface area (Å²) in [6.45, 7) is 5.80. The van der Waals surface area contributed by atoms with Crippen molar-refractivity contribution in [3.63, 3.8) is 0 Å². The van der Waals surface area contributed by atoms with Crippen LogP contribution < -0.4 is 64.2 Å². The maximum atomic E-state index is 12.1. The third kappa shape index (κ3) is 19.3. The fraction of sp³-hybridized carbons (Fsp3) is 0.800. The Kier molecular flexibility index (Phi) is 25.1. The van der Waals surface area contributed by atoms with Crippen LogP contribution in [0.15, 0.2) is 12.7 Å². The third-order valence-corrected chi connectivity index (χ3v) is 5.62. The number of hydrogen-bond donors (Lipinski definition) is 0. The van der Waals surface area contributed by atoms with Crippen LogP contribution in [0.2, 0.25) is 0 Å². The van der Waals surface area contributed by atoms with Gasteiger partial charge in [0.1, 0.15) is 16.2 Å². The molecule has 0 saturated carbocycles. The van der Waals surface area contributed by atoms with Crippen molar-refractivity contribution in [2.45, 2.75) is 102 Å². The van der Waals surface area contributed by atoms with Gasteiger partial charge in [-0.3, -0.25) is 4.79 Å². The number of carbonyl (C=O) groups is 2. The van der Waals surface area contributed by atoms with Crippen molar-refractivity contribution in [3.8, 4) is 0 Å². The summed E-state index contributed by atoms with van der Waals surface area (Å²) in [4.78, 5) is 22.8. The van der Waals surface area contributed by atoms with Gasteiger partial charge in [-0.15, -0.1) is 6.58 Å². The second-order valence-corrected chi connectivity index (χ2v) is 8.65. The summed E-state index contributed by atoms with van der Waals surface area (Å²) in [5.41, 5.74) is 0. The Morgan fingerprint density at radius 3 is 1.93 bits per heavy atom. The zero-order valence-corrected chi connectivity index (χ0v) is 23.7. The van der Waals surface area contributed by atoms with Crippen LogP contribution in [0.3, 0.4) is 0 Å². The number of aliphatic carboxylic acids is 1. The smallest absolute Gasteiger partial charge is 0.747 e. The molecule has 2 atom stereocenters. The van der Waals surface area contributed by atoms with Crippen LogP contribution in [0.4, 0.5) is 0 Å². The largest absolute Gasteiger partial charge is 1.00 e. The number of hydrogen-bond acceptors (Lipinski definition) is 7. The van der Waals surface area contributed by atoms with Crippen LogP contribution in [0.5, 0.6) is 0 Å². The van der Waals surface area contributed by atoms with Crippen molar-refractivity contribution in [3.05, 3.63) is 12.7 Å². The van der Waals surface area contributed by atoms with Gasteiger partial charge in [-0.05, 0) is 38.5 Å². The van der Waals surface area contributed by atoms with E-state index in [1.807, 2.05) is 0 Å². The molecule has 0 heterocycles. The quantitative estimate of drug-likeness (QED) is 0.0690. The Morgan fingerprint density at radius 2 is 1.47 bits per heavy atom. The molecule has 0 aromatic heterocycles. The summed E-state index contributed by atoms with van der Waals surface area (Å²) in [6.07, 6.45) is 11.2. The van der Waals surface area contributed by atoms with Crippen molar-refractivity contribution in [1.29, 1.82) is 0 Å². The van der Waals surface area contributed by atoms with Crippen LogP contribution in [-0.4, -0.2) is 36.3 Å². The summed E-state index contributed by atoms with van der Waals surface area (Å²) in [5.74, 6) is -3.08. The molecule has 0 aromatic rings. The molecule has 0 rings (SSSR count). The number of allylic oxidation sites excluding steroid dienone is 1. The minimum atomic E-state index is -5.13. The molecule has 0 spiro atoms. The Bertz CT molecular complexity index is 568. The van der Waals surface area contributed by atoms with Gasteiger partial charge in [-0.25, -0.2) is 8.42 Å². The zero-order chi connectivity index (χ0) is 21.4. The molecule has 0 aliphatic heterocycles. The SMILES string of the molecule is C=CCCCCC(CCCCCCCCC)OC(=O)C(CC(=O)[O-])S(=O)(=O)[O-].[Na+].[Na+]. The maximum Gasteiger partial charge on any atom is 1.00 e. The van der Waals surface area contributed by atoms with Gasteiger partial charge in [0.25, 0.3) is 0 Å². The van der Waals surface area contributed by atoms with Crippen molar-refractivity contribution < 1.29 is 91.5 Å². The number of carbonyl (C=O) groups excluding carboxylic acids is 2. The van der Waals surface area contributed by atoms with Gasteiger partial charge in [0.2, 0.25) is 0 Å². The molecule has 0 radical (unpaired) electrons. The van der Waals surface area contributed by atoms with E-state index >= 15 is 0 Å². The molecule has 10 heteroatoms. The Labute approximate surface area is 226 Å². The van der Waals surface area contributed by atoms with Gasteiger partial charge in [0.15, 0.2) is 5.25 Å². The van der Waals surface area contributed by atoms with Crippen molar-refractivity contribution in [2.75, 3.05) is 0 Å². The molecule has 0 bridgehead atoms. The molecule has 7 nitrogen and oxygen atoms in total. The van der Waals surface area contributed by atoms with Gasteiger partial charge in [0, 0.05) is 12.4 Å². The molecular weight excluding hydrogens is 430 g/mol. The molecule has 0 N–H and O–H groups in total. The van der Waals surface area contributed by atoms with E-state index < -0.39 is 39.8 Å². The number of carboxylic acid groups (broad SMARTS) is 1. The molecular formula is C20H34Na2O7S. The molecule has 2 unspecified atom stereocenters. The number of rotatable bonds is 18. The van der Waals surface area contributed by atoms with E-state index in [4.69, 9.17) is 4.74 Å². The molecule has 0 saturated heterocycles. The van der Waals surface area contributed by atoms with Crippen LogP contribution in [0.1, 0.15) is 90.4 Å². The van der Waals surface area contributed by atoms with E-state index in [0.717, 1.165) is 44.9 Å². The van der Waals surface area contributed by atoms with E-state index in [-0.39, 0.29) is 59.1 Å². The van der Waals surface area contributed by atoms with Crippen LogP contribution in [0, 0.1) is 0 Å². The normalized spacial score (nSPS) is 12.7. The van der Waals surface area contributed by atoms with Crippen molar-refractivity contribution in [2.24, 2.45) is 0 Å². The number of ether oxygens (including phenoxy) is 1. The van der Waals surface area contributed by atoms with Crippen molar-refractivity contribution in [1.82, 2.24) is 0 Å². The van der Waals surface area contributed by atoms with E-state index in [1.54, 1.807) is 6.08 Å². The first-order chi connectivity index (χ1) is 13.2. The van der Waals surface area contributed by atoms with Crippen LogP contribution in [-0.2, 0) is 24.4 Å². The predicted octanol–water partition coefficient (Wildman–Crippen LogP) is -3.15. The van der Waals surface area contributed by atoms with Gasteiger partial charge in [-0.2, -0.15) is 0 Å². The molecule has 0 aliphatic carbocycles. The Balaban J connectivity index is -0.00000364. The van der Waals surface area contributed by atoms with E-state index in [2.05, 4.69) is 13.5 Å². The predicted molar refractivity (Wildman–Crippen MR) is 104 cm³/mol. The number of unbranched alkanes of at least 4 members (excludes halogenated alkanes) is 8. The summed E-state index contributed by atoms with van der Waals surface area (Å²) >= 11 is 0. The van der Waals surface area contributed by atoms with E-state index in [9.17, 15) is 27.7 Å². The molecule has 0 aliphatic rings. The molecule has 0 fully saturated rings. The van der Waals surface area contributed by atoms with Gasteiger partial charge < -0.3 is 19.2 Å². The van der Waals surface area contributed by atoms with Gasteiger partial charge >= 0.3 is 65.1 Å². The van der Waals surface area contributed by atoms with Gasteiger partial charge in [0.05, 0.1) is 0 Å². The van der Waals surface area contributed by atoms with E-state index in [0.29, 0.717) is 12.8 Å². The van der Waals surface area contributed by atoms with Crippen LogP contribution in [0.25, 0.3) is 0 Å². The first kappa shape index (κ1) is 35.2. The second kappa shape index (κ2) is 21.4. The summed E-state index contributed by atoms with van der Waals surface area (Å²) in [6, 6.07) is 0. The number of esters is 1. The number of carboxylic acids is 1. The fourth-order valence-electron chi connectivity index (χ4n) is 2.95. The standard InChI is InChI=1S/C20H36O7S.2Na/c1-3-5-7-9-10-11-13-15-17(14-12-8-6-4-2)27-20(23)18(16-19(21)22)28(24,25)26;;/h4,17-18H,2-3,5-16H2,1H3,(H,21,22)(H,24,25,26);;/q;2*+1/p-2. The molecule has 164 valence electrons. The third-order valence-electron chi connectivity index (χ3n) is 4.56. The van der Waals surface area contributed by atoms with Crippen molar-refractivity contribution >= 4 is 22.1 Å². The Morgan fingerprint density at radius 1 is 0.967 bits per heavy atom. The van der Waals surface area contributed by atoms with Crippen LogP contribution >= 0.6 is 0 Å². The zero-order valence-electron chi connectivity index (χ0n) is 18.9. The average Bonchev–Trinajstić information content (AvgIpc) is 2.61. The first-order valence-electron chi connectivity index (χ1n) is 10.2. The first-order valence-corrected chi connectivity index (χ1v) is 11.6. The Hall–Kier alpha value is 0.590. The summed E-state index contributed by atoms with van der Waals surface area (Å²) in [7, 11) is -5.13. The fourth-order valence-corrected chi connectivity index (χ4v) is 3.58. The second-order valence-electron chi connectivity index (χ2n) is 7.10. The summed E-state index contributed by atoms with van der Waals surface area (Å²) in [5, 5.41) is 8.42. The molecule has 0 aromatic carbocycles. The monoisotopic (exact) mass is 464 g/mol. The molecule has 30 heavy (non-hydrogen) atoms. The topological polar surface area (TPSA) is 124 Å². The molecule has 0 amide bonds. The minimum absolute atomic E-state index is 0. The van der Waals surface area contributed by atoms with E-state index in [1.165, 1.54) is 19.3 Å². The minimum Gasteiger partial charge on any atom is -0.747 e. The maximum absolute atomic E-state index is 12.1. The van der Waals surface area contributed by atoms with Gasteiger partial charge in [-0.1, -0.05) is 51.5 Å². The summed E-state index contributed by atoms with van der Waals surface area (Å²) < 4.78 is 38.9.